The Hall–Kier alpha value is -1.50. The second-order valence-electron chi connectivity index (χ2n) is 6.57. The number of ether oxygens (including phenoxy) is 1. The van der Waals surface area contributed by atoms with Gasteiger partial charge in [0.2, 0.25) is 5.91 Å². The van der Waals surface area contributed by atoms with E-state index in [2.05, 4.69) is 23.1 Å². The molecule has 1 aromatic carbocycles. The number of amides is 1. The third-order valence-corrected chi connectivity index (χ3v) is 5.87. The fourth-order valence-corrected chi connectivity index (χ4v) is 4.47. The smallest absolute Gasteiger partial charge is 0.225 e. The van der Waals surface area contributed by atoms with Crippen LogP contribution in [0.25, 0.3) is 10.2 Å². The van der Waals surface area contributed by atoms with E-state index >= 15 is 0 Å². The number of nitrogens with zero attached hydrogens (tertiary/aromatic N) is 3. The number of fused-ring (bicyclic) bond motifs is 1. The molecule has 1 atom stereocenters. The molecule has 2 saturated heterocycles. The van der Waals surface area contributed by atoms with Gasteiger partial charge in [-0.05, 0) is 25.0 Å². The highest BCUT2D eigenvalue weighted by molar-refractivity contribution is 7.18. The molecule has 0 bridgehead atoms. The van der Waals surface area contributed by atoms with Crippen LogP contribution >= 0.6 is 11.3 Å². The van der Waals surface area contributed by atoms with Crippen molar-refractivity contribution in [1.29, 1.82) is 0 Å². The van der Waals surface area contributed by atoms with Crippen LogP contribution in [0.1, 0.15) is 24.3 Å². The summed E-state index contributed by atoms with van der Waals surface area (Å²) < 4.78 is 6.83. The van der Waals surface area contributed by atoms with Gasteiger partial charge in [0.1, 0.15) is 5.01 Å². The summed E-state index contributed by atoms with van der Waals surface area (Å²) in [5, 5.41) is 1.16. The van der Waals surface area contributed by atoms with Gasteiger partial charge in [-0.3, -0.25) is 9.69 Å². The standard InChI is InChI=1S/C18H23N3O2S/c22-18(12-14-4-3-11-23-14)21-9-7-20(8-10-21)13-17-19-15-5-1-2-6-16(15)24-17/h1-2,5-6,14H,3-4,7-13H2/t14-/m1/s1. The van der Waals surface area contributed by atoms with Gasteiger partial charge in [0, 0.05) is 32.8 Å². The Bertz CT molecular complexity index is 670. The van der Waals surface area contributed by atoms with Crippen LogP contribution in [0.4, 0.5) is 0 Å². The molecule has 5 nitrogen and oxygen atoms in total. The fraction of sp³-hybridized carbons (Fsp3) is 0.556. The summed E-state index contributed by atoms with van der Waals surface area (Å²) >= 11 is 1.77. The lowest BCUT2D eigenvalue weighted by Gasteiger charge is -2.34. The Morgan fingerprint density at radius 2 is 2.08 bits per heavy atom. The molecule has 1 amide bonds. The summed E-state index contributed by atoms with van der Waals surface area (Å²) in [5.74, 6) is 0.251. The molecular formula is C18H23N3O2S. The molecule has 2 aromatic rings. The maximum atomic E-state index is 12.4. The van der Waals surface area contributed by atoms with Gasteiger partial charge < -0.3 is 9.64 Å². The number of piperazine rings is 1. The second kappa shape index (κ2) is 7.17. The summed E-state index contributed by atoms with van der Waals surface area (Å²) in [5.41, 5.74) is 1.09. The van der Waals surface area contributed by atoms with Gasteiger partial charge in [0.15, 0.2) is 0 Å². The van der Waals surface area contributed by atoms with Crippen molar-refractivity contribution in [2.24, 2.45) is 0 Å². The maximum Gasteiger partial charge on any atom is 0.225 e. The van der Waals surface area contributed by atoms with Crippen LogP contribution in [0.3, 0.4) is 0 Å². The van der Waals surface area contributed by atoms with Crippen LogP contribution < -0.4 is 0 Å². The zero-order valence-electron chi connectivity index (χ0n) is 13.8. The van der Waals surface area contributed by atoms with E-state index in [0.717, 1.165) is 62.7 Å². The van der Waals surface area contributed by atoms with Gasteiger partial charge in [-0.25, -0.2) is 4.98 Å². The maximum absolute atomic E-state index is 12.4. The molecular weight excluding hydrogens is 322 g/mol. The summed E-state index contributed by atoms with van der Waals surface area (Å²) in [6.45, 7) is 5.17. The summed E-state index contributed by atoms with van der Waals surface area (Å²) in [4.78, 5) is 21.5. The molecule has 6 heteroatoms. The number of carbonyl (C=O) groups excluding carboxylic acids is 1. The molecule has 3 heterocycles. The van der Waals surface area contributed by atoms with Gasteiger partial charge in [0.25, 0.3) is 0 Å². The number of hydrogen-bond acceptors (Lipinski definition) is 5. The van der Waals surface area contributed by atoms with Crippen molar-refractivity contribution >= 4 is 27.5 Å². The van der Waals surface area contributed by atoms with Crippen LogP contribution in [0, 0.1) is 0 Å². The zero-order chi connectivity index (χ0) is 16.4. The first kappa shape index (κ1) is 16.0. The van der Waals surface area contributed by atoms with Crippen molar-refractivity contribution in [1.82, 2.24) is 14.8 Å². The first-order valence-electron chi connectivity index (χ1n) is 8.74. The van der Waals surface area contributed by atoms with Crippen molar-refractivity contribution in [2.45, 2.75) is 31.9 Å². The van der Waals surface area contributed by atoms with E-state index in [1.165, 1.54) is 4.70 Å². The van der Waals surface area contributed by atoms with E-state index in [9.17, 15) is 4.79 Å². The van der Waals surface area contributed by atoms with Gasteiger partial charge in [-0.2, -0.15) is 0 Å². The lowest BCUT2D eigenvalue weighted by molar-refractivity contribution is -0.135. The van der Waals surface area contributed by atoms with Crippen molar-refractivity contribution < 1.29 is 9.53 Å². The minimum atomic E-state index is 0.151. The first-order valence-corrected chi connectivity index (χ1v) is 9.56. The summed E-state index contributed by atoms with van der Waals surface area (Å²) in [7, 11) is 0. The topological polar surface area (TPSA) is 45.7 Å². The molecule has 2 aliphatic heterocycles. The average Bonchev–Trinajstić information content (AvgIpc) is 3.24. The Kier molecular flexibility index (Phi) is 4.78. The second-order valence-corrected chi connectivity index (χ2v) is 7.69. The Morgan fingerprint density at radius 1 is 1.25 bits per heavy atom. The number of benzene rings is 1. The predicted octanol–water partition coefficient (Wildman–Crippen LogP) is 2.51. The number of thiazole rings is 1. The van der Waals surface area contributed by atoms with Gasteiger partial charge in [-0.15, -0.1) is 11.3 Å². The third kappa shape index (κ3) is 3.61. The van der Waals surface area contributed by atoms with Crippen LogP contribution in [0.5, 0.6) is 0 Å². The molecule has 24 heavy (non-hydrogen) atoms. The molecule has 4 rings (SSSR count). The minimum absolute atomic E-state index is 0.151. The average molecular weight is 345 g/mol. The fourth-order valence-electron chi connectivity index (χ4n) is 3.46. The zero-order valence-corrected chi connectivity index (χ0v) is 14.6. The van der Waals surface area contributed by atoms with Crippen LogP contribution in [-0.2, 0) is 16.1 Å². The summed E-state index contributed by atoms with van der Waals surface area (Å²) in [6, 6.07) is 8.28. The van der Waals surface area contributed by atoms with E-state index in [-0.39, 0.29) is 12.0 Å². The molecule has 0 unspecified atom stereocenters. The van der Waals surface area contributed by atoms with E-state index in [1.807, 2.05) is 11.0 Å². The monoisotopic (exact) mass is 345 g/mol. The lowest BCUT2D eigenvalue weighted by Crippen LogP contribution is -2.48. The molecule has 0 saturated carbocycles. The van der Waals surface area contributed by atoms with E-state index < -0.39 is 0 Å². The Morgan fingerprint density at radius 3 is 2.83 bits per heavy atom. The largest absolute Gasteiger partial charge is 0.378 e. The molecule has 0 aliphatic carbocycles. The van der Waals surface area contributed by atoms with Crippen LogP contribution in [-0.4, -0.2) is 59.6 Å². The molecule has 2 aliphatic rings. The molecule has 0 spiro atoms. The van der Waals surface area contributed by atoms with E-state index in [1.54, 1.807) is 11.3 Å². The van der Waals surface area contributed by atoms with E-state index in [0.29, 0.717) is 6.42 Å². The Labute approximate surface area is 146 Å². The van der Waals surface area contributed by atoms with Crippen molar-refractivity contribution in [3.05, 3.63) is 29.3 Å². The molecule has 128 valence electrons. The number of hydrogen-bond donors (Lipinski definition) is 0. The first-order chi connectivity index (χ1) is 11.8. The number of rotatable bonds is 4. The predicted molar refractivity (Wildman–Crippen MR) is 95.1 cm³/mol. The minimum Gasteiger partial charge on any atom is -0.378 e. The summed E-state index contributed by atoms with van der Waals surface area (Å²) in [6.07, 6.45) is 2.83. The molecule has 1 aromatic heterocycles. The Balaban J connectivity index is 1.28. The normalized spacial score (nSPS) is 22.3. The van der Waals surface area contributed by atoms with Crippen LogP contribution in [0.15, 0.2) is 24.3 Å². The van der Waals surface area contributed by atoms with E-state index in [4.69, 9.17) is 9.72 Å². The van der Waals surface area contributed by atoms with Crippen molar-refractivity contribution in [3.63, 3.8) is 0 Å². The molecule has 0 N–H and O–H groups in total. The van der Waals surface area contributed by atoms with Gasteiger partial charge >= 0.3 is 0 Å². The number of aromatic nitrogens is 1. The number of carbonyl (C=O) groups is 1. The van der Waals surface area contributed by atoms with Crippen LogP contribution in [0.2, 0.25) is 0 Å². The molecule has 0 radical (unpaired) electrons. The SMILES string of the molecule is O=C(C[C@H]1CCCO1)N1CCN(Cc2nc3ccccc3s2)CC1. The van der Waals surface area contributed by atoms with Crippen molar-refractivity contribution in [2.75, 3.05) is 32.8 Å². The highest BCUT2D eigenvalue weighted by atomic mass is 32.1. The quantitative estimate of drug-likeness (QED) is 0.854. The molecule has 2 fully saturated rings. The van der Waals surface area contributed by atoms with Gasteiger partial charge in [-0.1, -0.05) is 12.1 Å². The van der Waals surface area contributed by atoms with Crippen molar-refractivity contribution in [3.8, 4) is 0 Å². The highest BCUT2D eigenvalue weighted by Gasteiger charge is 2.25. The lowest BCUT2D eigenvalue weighted by atomic mass is 10.1. The van der Waals surface area contributed by atoms with Gasteiger partial charge in [0.05, 0.1) is 29.3 Å². The highest BCUT2D eigenvalue weighted by Crippen LogP contribution is 2.23. The third-order valence-electron chi connectivity index (χ3n) is 4.85. The number of para-hydroxylation sites is 1.